The molecule has 7 heteroatoms. The Balaban J connectivity index is 1.57. The molecule has 2 heterocycles. The quantitative estimate of drug-likeness (QED) is 0.738. The molecule has 134 valence electrons. The van der Waals surface area contributed by atoms with Crippen molar-refractivity contribution < 1.29 is 13.9 Å². The number of amides is 1. The molecule has 25 heavy (non-hydrogen) atoms. The third-order valence-corrected chi connectivity index (χ3v) is 4.37. The van der Waals surface area contributed by atoms with Crippen molar-refractivity contribution >= 4 is 5.91 Å². The van der Waals surface area contributed by atoms with Gasteiger partial charge >= 0.3 is 0 Å². The number of nitrogens with two attached hydrogens (primary N) is 1. The number of unbranched alkanes of at least 4 members (excludes halogenated alkanes) is 1. The van der Waals surface area contributed by atoms with E-state index in [4.69, 9.17) is 14.9 Å². The van der Waals surface area contributed by atoms with Crippen LogP contribution >= 0.6 is 0 Å². The SMILES string of the molecule is CCCCOc1ccc(-c2nnc(CN3CC[C@H](C(N)=O)C3)o2)cc1. The number of nitrogens with zero attached hydrogens (tertiary/aromatic N) is 3. The highest BCUT2D eigenvalue weighted by Crippen LogP contribution is 2.23. The predicted molar refractivity (Wildman–Crippen MR) is 92.7 cm³/mol. The summed E-state index contributed by atoms with van der Waals surface area (Å²) in [7, 11) is 0. The van der Waals surface area contributed by atoms with Gasteiger partial charge in [-0.1, -0.05) is 13.3 Å². The summed E-state index contributed by atoms with van der Waals surface area (Å²) >= 11 is 0. The Hall–Kier alpha value is -2.41. The van der Waals surface area contributed by atoms with Crippen LogP contribution in [-0.4, -0.2) is 40.7 Å². The number of likely N-dealkylation sites (tertiary alicyclic amines) is 1. The Bertz CT molecular complexity index is 699. The van der Waals surface area contributed by atoms with Crippen LogP contribution in [-0.2, 0) is 11.3 Å². The Morgan fingerprint density at radius 1 is 1.36 bits per heavy atom. The second-order valence-corrected chi connectivity index (χ2v) is 6.35. The minimum atomic E-state index is -0.241. The smallest absolute Gasteiger partial charge is 0.247 e. The second-order valence-electron chi connectivity index (χ2n) is 6.35. The first-order chi connectivity index (χ1) is 12.2. The summed E-state index contributed by atoms with van der Waals surface area (Å²) in [4.78, 5) is 13.3. The molecule has 1 aromatic carbocycles. The number of rotatable bonds is 8. The van der Waals surface area contributed by atoms with Crippen molar-refractivity contribution in [2.75, 3.05) is 19.7 Å². The molecule has 1 aromatic heterocycles. The summed E-state index contributed by atoms with van der Waals surface area (Å²) < 4.78 is 11.4. The molecule has 1 amide bonds. The minimum Gasteiger partial charge on any atom is -0.494 e. The highest BCUT2D eigenvalue weighted by atomic mass is 16.5. The van der Waals surface area contributed by atoms with E-state index in [1.807, 2.05) is 24.3 Å². The van der Waals surface area contributed by atoms with Crippen LogP contribution in [0, 0.1) is 5.92 Å². The predicted octanol–water partition coefficient (Wildman–Crippen LogP) is 2.22. The summed E-state index contributed by atoms with van der Waals surface area (Å²) in [6, 6.07) is 7.65. The molecule has 0 aliphatic carbocycles. The van der Waals surface area contributed by atoms with E-state index < -0.39 is 0 Å². The maximum Gasteiger partial charge on any atom is 0.247 e. The largest absolute Gasteiger partial charge is 0.494 e. The van der Waals surface area contributed by atoms with Crippen LogP contribution < -0.4 is 10.5 Å². The van der Waals surface area contributed by atoms with Gasteiger partial charge in [0, 0.05) is 12.1 Å². The molecule has 0 unspecified atom stereocenters. The van der Waals surface area contributed by atoms with E-state index >= 15 is 0 Å². The molecule has 0 spiro atoms. The Labute approximate surface area is 147 Å². The van der Waals surface area contributed by atoms with Gasteiger partial charge < -0.3 is 14.9 Å². The molecule has 3 rings (SSSR count). The average Bonchev–Trinajstić information content (AvgIpc) is 3.26. The van der Waals surface area contributed by atoms with Crippen LogP contribution in [0.5, 0.6) is 5.75 Å². The van der Waals surface area contributed by atoms with Gasteiger partial charge in [0.15, 0.2) is 0 Å². The third kappa shape index (κ3) is 4.57. The third-order valence-electron chi connectivity index (χ3n) is 4.37. The fourth-order valence-corrected chi connectivity index (χ4v) is 2.86. The molecule has 1 aliphatic rings. The fraction of sp³-hybridized carbons (Fsp3) is 0.500. The Morgan fingerprint density at radius 3 is 2.84 bits per heavy atom. The lowest BCUT2D eigenvalue weighted by atomic mass is 10.1. The van der Waals surface area contributed by atoms with Crippen LogP contribution in [0.1, 0.15) is 32.1 Å². The number of hydrogen-bond acceptors (Lipinski definition) is 6. The van der Waals surface area contributed by atoms with Gasteiger partial charge in [-0.15, -0.1) is 10.2 Å². The average molecular weight is 344 g/mol. The molecular weight excluding hydrogens is 320 g/mol. The number of carbonyl (C=O) groups is 1. The van der Waals surface area contributed by atoms with Gasteiger partial charge in [-0.25, -0.2) is 0 Å². The lowest BCUT2D eigenvalue weighted by Gasteiger charge is -2.11. The van der Waals surface area contributed by atoms with Gasteiger partial charge in [0.1, 0.15) is 5.75 Å². The van der Waals surface area contributed by atoms with Gasteiger partial charge in [-0.3, -0.25) is 9.69 Å². The Morgan fingerprint density at radius 2 is 2.16 bits per heavy atom. The van der Waals surface area contributed by atoms with Crippen molar-refractivity contribution in [3.8, 4) is 17.2 Å². The Kier molecular flexibility index (Phi) is 5.65. The van der Waals surface area contributed by atoms with E-state index in [1.165, 1.54) is 0 Å². The summed E-state index contributed by atoms with van der Waals surface area (Å²) in [6.45, 7) is 4.86. The van der Waals surface area contributed by atoms with E-state index in [0.29, 0.717) is 24.9 Å². The van der Waals surface area contributed by atoms with Gasteiger partial charge in [0.25, 0.3) is 0 Å². The summed E-state index contributed by atoms with van der Waals surface area (Å²) in [5, 5.41) is 8.22. The molecule has 0 bridgehead atoms. The fourth-order valence-electron chi connectivity index (χ4n) is 2.86. The molecule has 7 nitrogen and oxygen atoms in total. The second kappa shape index (κ2) is 8.11. The maximum absolute atomic E-state index is 11.2. The normalized spacial score (nSPS) is 17.7. The highest BCUT2D eigenvalue weighted by molar-refractivity contribution is 5.77. The summed E-state index contributed by atoms with van der Waals surface area (Å²) in [6.07, 6.45) is 2.94. The lowest BCUT2D eigenvalue weighted by Crippen LogP contribution is -2.27. The first kappa shape index (κ1) is 17.4. The van der Waals surface area contributed by atoms with E-state index in [2.05, 4.69) is 22.0 Å². The highest BCUT2D eigenvalue weighted by Gasteiger charge is 2.27. The van der Waals surface area contributed by atoms with Crippen LogP contribution in [0.3, 0.4) is 0 Å². The van der Waals surface area contributed by atoms with Crippen LogP contribution in [0.15, 0.2) is 28.7 Å². The monoisotopic (exact) mass is 344 g/mol. The van der Waals surface area contributed by atoms with Gasteiger partial charge in [0.2, 0.25) is 17.7 Å². The topological polar surface area (TPSA) is 94.5 Å². The number of primary amides is 1. The van der Waals surface area contributed by atoms with Crippen molar-refractivity contribution in [2.45, 2.75) is 32.7 Å². The van der Waals surface area contributed by atoms with Gasteiger partial charge in [-0.05, 0) is 43.7 Å². The minimum absolute atomic E-state index is 0.0809. The van der Waals surface area contributed by atoms with Crippen molar-refractivity contribution in [3.63, 3.8) is 0 Å². The number of benzene rings is 1. The van der Waals surface area contributed by atoms with E-state index in [1.54, 1.807) is 0 Å². The molecule has 2 N–H and O–H groups in total. The molecule has 0 saturated carbocycles. The zero-order valence-corrected chi connectivity index (χ0v) is 14.5. The van der Waals surface area contributed by atoms with Gasteiger partial charge in [-0.2, -0.15) is 0 Å². The standard InChI is InChI=1S/C18H24N4O3/c1-2-3-10-24-15-6-4-13(5-7-15)18-21-20-16(25-18)12-22-9-8-14(11-22)17(19)23/h4-7,14H,2-3,8-12H2,1H3,(H2,19,23)/t14-/m0/s1. The summed E-state index contributed by atoms with van der Waals surface area (Å²) in [5.41, 5.74) is 6.22. The van der Waals surface area contributed by atoms with Crippen molar-refractivity contribution in [1.82, 2.24) is 15.1 Å². The zero-order valence-electron chi connectivity index (χ0n) is 14.5. The first-order valence-electron chi connectivity index (χ1n) is 8.73. The van der Waals surface area contributed by atoms with E-state index in [0.717, 1.165) is 43.7 Å². The van der Waals surface area contributed by atoms with Crippen molar-refractivity contribution in [3.05, 3.63) is 30.2 Å². The molecule has 1 atom stereocenters. The number of ether oxygens (including phenoxy) is 1. The zero-order chi connectivity index (χ0) is 17.6. The van der Waals surface area contributed by atoms with E-state index in [9.17, 15) is 4.79 Å². The number of hydrogen-bond donors (Lipinski definition) is 1. The molecule has 2 aromatic rings. The molecular formula is C18H24N4O3. The van der Waals surface area contributed by atoms with Crippen molar-refractivity contribution in [1.29, 1.82) is 0 Å². The van der Waals surface area contributed by atoms with Crippen molar-refractivity contribution in [2.24, 2.45) is 11.7 Å². The van der Waals surface area contributed by atoms with Crippen LogP contribution in [0.4, 0.5) is 0 Å². The number of aromatic nitrogens is 2. The summed E-state index contributed by atoms with van der Waals surface area (Å²) in [5.74, 6) is 1.55. The molecule has 1 aliphatic heterocycles. The van der Waals surface area contributed by atoms with Gasteiger partial charge in [0.05, 0.1) is 19.1 Å². The molecule has 0 radical (unpaired) electrons. The first-order valence-corrected chi connectivity index (χ1v) is 8.73. The van der Waals surface area contributed by atoms with Crippen LogP contribution in [0.25, 0.3) is 11.5 Å². The maximum atomic E-state index is 11.2. The number of carbonyl (C=O) groups excluding carboxylic acids is 1. The van der Waals surface area contributed by atoms with Crippen LogP contribution in [0.2, 0.25) is 0 Å². The molecule has 1 saturated heterocycles. The van der Waals surface area contributed by atoms with E-state index in [-0.39, 0.29) is 11.8 Å². The molecule has 1 fully saturated rings. The lowest BCUT2D eigenvalue weighted by molar-refractivity contribution is -0.121.